The number of benzene rings is 6. The molecule has 9 heteroatoms. The van der Waals surface area contributed by atoms with Crippen molar-refractivity contribution >= 4 is 21.8 Å². The summed E-state index contributed by atoms with van der Waals surface area (Å²) in [4.78, 5) is 4.67. The van der Waals surface area contributed by atoms with Gasteiger partial charge in [0, 0.05) is 41.0 Å². The van der Waals surface area contributed by atoms with Crippen molar-refractivity contribution in [2.75, 3.05) is 7.11 Å². The van der Waals surface area contributed by atoms with Crippen molar-refractivity contribution in [3.63, 3.8) is 0 Å². The Balaban J connectivity index is 0.00000441. The number of ether oxygens (including phenoxy) is 4. The molecule has 0 aliphatic rings. The molecule has 0 aliphatic carbocycles. The van der Waals surface area contributed by atoms with Gasteiger partial charge in [-0.1, -0.05) is 60.1 Å². The van der Waals surface area contributed by atoms with E-state index in [0.29, 0.717) is 34.4 Å². The van der Waals surface area contributed by atoms with Crippen molar-refractivity contribution in [3.05, 3.63) is 175 Å². The molecule has 0 N–H and O–H groups in total. The van der Waals surface area contributed by atoms with Crippen LogP contribution in [0.4, 0.5) is 0 Å². The van der Waals surface area contributed by atoms with E-state index in [1.165, 1.54) is 0 Å². The molecule has 56 heavy (non-hydrogen) atoms. The molecule has 276 valence electrons. The van der Waals surface area contributed by atoms with Crippen LogP contribution in [0, 0.1) is 26.0 Å². The maximum absolute atomic E-state index is 6.57. The van der Waals surface area contributed by atoms with Gasteiger partial charge in [0.15, 0.2) is 0 Å². The van der Waals surface area contributed by atoms with E-state index >= 15 is 0 Å². The maximum atomic E-state index is 6.57. The smallest absolute Gasteiger partial charge is 0.509 e. The fourth-order valence-corrected chi connectivity index (χ4v) is 6.84. The van der Waals surface area contributed by atoms with E-state index < -0.39 is 0 Å². The van der Waals surface area contributed by atoms with Gasteiger partial charge >= 0.3 is 21.1 Å². The SMILES string of the molecule is COc1ccnc(-n2c3[c-]c(Oc4[c-]c(-n5cc(-c6c(Oc7ccccc7)c(C)cc(C)c6Oc6ccccc6)cn5)ccc4)ccc3c3ccccc32)c1.[Pt+2]. The second-order valence-corrected chi connectivity index (χ2v) is 13.0. The molecule has 3 aromatic heterocycles. The molecule has 0 unspecified atom stereocenters. The summed E-state index contributed by atoms with van der Waals surface area (Å²) in [6.45, 7) is 4.09. The predicted octanol–water partition coefficient (Wildman–Crippen LogP) is 11.6. The average Bonchev–Trinajstić information content (AvgIpc) is 3.84. The first-order chi connectivity index (χ1) is 27.0. The molecule has 0 spiro atoms. The van der Waals surface area contributed by atoms with E-state index in [2.05, 4.69) is 45.9 Å². The summed E-state index contributed by atoms with van der Waals surface area (Å²) in [6, 6.07) is 50.2. The number of hydrogen-bond acceptors (Lipinski definition) is 6. The van der Waals surface area contributed by atoms with Crippen LogP contribution in [-0.4, -0.2) is 26.4 Å². The fraction of sp³-hybridized carbons (Fsp3) is 0.0638. The molecule has 6 aromatic carbocycles. The minimum absolute atomic E-state index is 0. The third-order valence-electron chi connectivity index (χ3n) is 9.36. The predicted molar refractivity (Wildman–Crippen MR) is 214 cm³/mol. The Morgan fingerprint density at radius 1 is 0.607 bits per heavy atom. The summed E-state index contributed by atoms with van der Waals surface area (Å²) in [5, 5.41) is 6.91. The van der Waals surface area contributed by atoms with Crippen LogP contribution in [0.5, 0.6) is 40.2 Å². The van der Waals surface area contributed by atoms with Crippen molar-refractivity contribution in [1.29, 1.82) is 0 Å². The fourth-order valence-electron chi connectivity index (χ4n) is 6.84. The monoisotopic (exact) mass is 913 g/mol. The van der Waals surface area contributed by atoms with E-state index in [1.54, 1.807) is 18.0 Å². The van der Waals surface area contributed by atoms with Crippen LogP contribution < -0.4 is 18.9 Å². The molecular formula is C47H34N4O4Pt. The Labute approximate surface area is 338 Å². The average molecular weight is 914 g/mol. The van der Waals surface area contributed by atoms with E-state index in [1.807, 2.05) is 135 Å². The quantitative estimate of drug-likeness (QED) is 0.127. The summed E-state index contributed by atoms with van der Waals surface area (Å²) >= 11 is 0. The standard InChI is InChI=1S/C47H34N4O4.Pt/c1-31-25-32(2)47(55-36-16-8-5-9-17-36)45(46(31)54-35-14-6-4-7-15-35)33-29-49-50(30-33)34-13-12-18-38(26-34)53-39-21-22-41-40-19-10-11-20-42(40)51(43(41)27-39)44-28-37(52-3)23-24-48-44;/h4-25,28-30H,1-3H3;/q-2;+2. The van der Waals surface area contributed by atoms with Gasteiger partial charge in [-0.15, -0.1) is 35.7 Å². The van der Waals surface area contributed by atoms with Gasteiger partial charge in [-0.3, -0.25) is 4.68 Å². The molecule has 0 amide bonds. The van der Waals surface area contributed by atoms with Crippen LogP contribution in [0.25, 0.3) is 44.4 Å². The van der Waals surface area contributed by atoms with Crippen LogP contribution in [0.15, 0.2) is 152 Å². The summed E-state index contributed by atoms with van der Waals surface area (Å²) in [5.41, 5.74) is 6.10. The first-order valence-corrected chi connectivity index (χ1v) is 17.8. The van der Waals surface area contributed by atoms with Gasteiger partial charge in [-0.25, -0.2) is 4.98 Å². The molecule has 9 rings (SSSR count). The van der Waals surface area contributed by atoms with Crippen molar-refractivity contribution in [1.82, 2.24) is 19.3 Å². The van der Waals surface area contributed by atoms with Gasteiger partial charge in [0.2, 0.25) is 0 Å². The maximum Gasteiger partial charge on any atom is 2.00 e. The first kappa shape index (κ1) is 36.3. The molecule has 8 nitrogen and oxygen atoms in total. The second-order valence-electron chi connectivity index (χ2n) is 13.0. The molecule has 0 fully saturated rings. The van der Waals surface area contributed by atoms with Gasteiger partial charge in [-0.05, 0) is 78.5 Å². The van der Waals surface area contributed by atoms with Gasteiger partial charge in [0.25, 0.3) is 0 Å². The largest absolute Gasteiger partial charge is 2.00 e. The zero-order chi connectivity index (χ0) is 37.3. The number of para-hydroxylation sites is 3. The summed E-state index contributed by atoms with van der Waals surface area (Å²) in [5.74, 6) is 5.32. The minimum Gasteiger partial charge on any atom is -0.509 e. The number of hydrogen-bond donors (Lipinski definition) is 0. The van der Waals surface area contributed by atoms with E-state index in [-0.39, 0.29) is 21.1 Å². The Morgan fingerprint density at radius 3 is 2.00 bits per heavy atom. The van der Waals surface area contributed by atoms with E-state index in [9.17, 15) is 0 Å². The molecule has 0 radical (unpaired) electrons. The third-order valence-corrected chi connectivity index (χ3v) is 9.36. The number of rotatable bonds is 10. The molecule has 0 aliphatic heterocycles. The molecule has 0 bridgehead atoms. The molecule has 3 heterocycles. The summed E-state index contributed by atoms with van der Waals surface area (Å²) < 4.78 is 28.9. The number of aryl methyl sites for hydroxylation is 2. The Morgan fingerprint density at radius 2 is 1.29 bits per heavy atom. The van der Waals surface area contributed by atoms with E-state index in [4.69, 9.17) is 24.0 Å². The Kier molecular flexibility index (Phi) is 10.1. The number of pyridine rings is 1. The zero-order valence-electron chi connectivity index (χ0n) is 30.7. The normalized spacial score (nSPS) is 11.0. The zero-order valence-corrected chi connectivity index (χ0v) is 32.9. The number of methoxy groups -OCH3 is 1. The summed E-state index contributed by atoms with van der Waals surface area (Å²) in [7, 11) is 1.65. The first-order valence-electron chi connectivity index (χ1n) is 17.8. The van der Waals surface area contributed by atoms with Crippen LogP contribution in [-0.2, 0) is 21.1 Å². The van der Waals surface area contributed by atoms with Crippen LogP contribution in [0.2, 0.25) is 0 Å². The van der Waals surface area contributed by atoms with Gasteiger partial charge in [-0.2, -0.15) is 17.2 Å². The van der Waals surface area contributed by atoms with E-state index in [0.717, 1.165) is 61.4 Å². The molecule has 0 atom stereocenters. The van der Waals surface area contributed by atoms with Gasteiger partial charge < -0.3 is 23.5 Å². The van der Waals surface area contributed by atoms with Crippen LogP contribution in [0.1, 0.15) is 11.1 Å². The van der Waals surface area contributed by atoms with Gasteiger partial charge in [0.05, 0.1) is 18.9 Å². The molecule has 0 saturated carbocycles. The van der Waals surface area contributed by atoms with Crippen molar-refractivity contribution in [2.24, 2.45) is 0 Å². The van der Waals surface area contributed by atoms with Gasteiger partial charge in [0.1, 0.15) is 34.6 Å². The number of fused-ring (bicyclic) bond motifs is 3. The molecular weight excluding hydrogens is 880 g/mol. The number of aromatic nitrogens is 4. The third kappa shape index (κ3) is 7.03. The Hall–Kier alpha value is -6.63. The molecule has 9 aromatic rings. The summed E-state index contributed by atoms with van der Waals surface area (Å²) in [6.07, 6.45) is 5.51. The second kappa shape index (κ2) is 15.6. The van der Waals surface area contributed by atoms with Crippen molar-refractivity contribution < 1.29 is 40.0 Å². The molecule has 0 saturated heterocycles. The van der Waals surface area contributed by atoms with Crippen LogP contribution >= 0.6 is 0 Å². The number of nitrogens with zero attached hydrogens (tertiary/aromatic N) is 4. The van der Waals surface area contributed by atoms with Crippen molar-refractivity contribution in [2.45, 2.75) is 13.8 Å². The van der Waals surface area contributed by atoms with Crippen molar-refractivity contribution in [3.8, 4) is 62.9 Å². The minimum atomic E-state index is 0. The van der Waals surface area contributed by atoms with Crippen LogP contribution in [0.3, 0.4) is 0 Å². The Bertz CT molecular complexity index is 2750. The topological polar surface area (TPSA) is 72.6 Å².